The number of hydrogen-bond acceptors (Lipinski definition) is 0. The van der Waals surface area contributed by atoms with Crippen LogP contribution in [0.4, 0.5) is 0 Å². The van der Waals surface area contributed by atoms with Crippen LogP contribution in [0.2, 0.25) is 5.82 Å². The third kappa shape index (κ3) is 0.983. The van der Waals surface area contributed by atoms with Crippen LogP contribution in [-0.4, -0.2) is 6.69 Å². The maximum absolute atomic E-state index is 5.83. The standard InChI is InChI=1S/C10H17BCl/c1-6-8-4-7(10(8,2)3)5-9(6)11-12/h6-9H,4-5H2,1-3H3/t6-,7?,8?,9-/m1/s1. The van der Waals surface area contributed by atoms with Gasteiger partial charge in [0.25, 0.3) is 0 Å². The molecule has 0 saturated heterocycles. The molecule has 3 aliphatic rings. The summed E-state index contributed by atoms with van der Waals surface area (Å²) in [5.74, 6) is 3.36. The predicted octanol–water partition coefficient (Wildman–Crippen LogP) is 3.34. The summed E-state index contributed by atoms with van der Waals surface area (Å²) >= 11 is 5.83. The second-order valence-electron chi connectivity index (χ2n) is 5.25. The molecule has 12 heavy (non-hydrogen) atoms. The summed E-state index contributed by atoms with van der Waals surface area (Å²) in [7, 11) is 0. The summed E-state index contributed by atoms with van der Waals surface area (Å²) in [6.45, 7) is 9.12. The van der Waals surface area contributed by atoms with Gasteiger partial charge in [-0.25, -0.2) is 11.5 Å². The minimum Gasteiger partial charge on any atom is -0.204 e. The molecule has 3 aliphatic carbocycles. The Balaban J connectivity index is 2.11. The van der Waals surface area contributed by atoms with Crippen molar-refractivity contribution >= 4 is 18.2 Å². The first-order chi connectivity index (χ1) is 5.57. The van der Waals surface area contributed by atoms with Crippen molar-refractivity contribution in [3.05, 3.63) is 0 Å². The van der Waals surface area contributed by atoms with Gasteiger partial charge in [-0.15, -0.1) is 0 Å². The van der Waals surface area contributed by atoms with E-state index in [-0.39, 0.29) is 0 Å². The van der Waals surface area contributed by atoms with Gasteiger partial charge in [0.2, 0.25) is 6.69 Å². The summed E-state index contributed by atoms with van der Waals surface area (Å²) < 4.78 is 0. The van der Waals surface area contributed by atoms with Crippen molar-refractivity contribution in [3.8, 4) is 0 Å². The first kappa shape index (κ1) is 8.93. The Morgan fingerprint density at radius 3 is 2.42 bits per heavy atom. The average Bonchev–Trinajstić information content (AvgIpc) is 2.03. The second kappa shape index (κ2) is 2.67. The normalized spacial score (nSPS) is 49.7. The van der Waals surface area contributed by atoms with Gasteiger partial charge < -0.3 is 0 Å². The lowest BCUT2D eigenvalue weighted by atomic mass is 9.41. The van der Waals surface area contributed by atoms with E-state index in [1.54, 1.807) is 0 Å². The van der Waals surface area contributed by atoms with E-state index in [2.05, 4.69) is 20.8 Å². The molecule has 0 aromatic heterocycles. The molecule has 2 unspecified atom stereocenters. The highest BCUT2D eigenvalue weighted by atomic mass is 35.5. The minimum absolute atomic E-state index is 0.607. The van der Waals surface area contributed by atoms with Crippen molar-refractivity contribution in [2.24, 2.45) is 23.2 Å². The topological polar surface area (TPSA) is 0 Å². The molecule has 0 nitrogen and oxygen atoms in total. The van der Waals surface area contributed by atoms with E-state index in [0.717, 1.165) is 17.8 Å². The highest BCUT2D eigenvalue weighted by Gasteiger charge is 2.55. The molecule has 0 aromatic carbocycles. The van der Waals surface area contributed by atoms with Gasteiger partial charge in [0.1, 0.15) is 0 Å². The SMILES string of the molecule is C[C@@H]1C2CC(C[C@H]1[B]Cl)C2(C)C. The predicted molar refractivity (Wildman–Crippen MR) is 54.5 cm³/mol. The Hall–Kier alpha value is 0.355. The van der Waals surface area contributed by atoms with Gasteiger partial charge in [0, 0.05) is 0 Å². The number of hydrogen-bond donors (Lipinski definition) is 0. The van der Waals surface area contributed by atoms with Crippen LogP contribution in [0.15, 0.2) is 0 Å². The fourth-order valence-electron chi connectivity index (χ4n) is 3.36. The average molecular weight is 184 g/mol. The molecule has 0 spiro atoms. The Bertz CT molecular complexity index is 190. The second-order valence-corrected chi connectivity index (χ2v) is 5.50. The summed E-state index contributed by atoms with van der Waals surface area (Å²) in [5, 5.41) is 0. The molecule has 0 N–H and O–H groups in total. The fraction of sp³-hybridized carbons (Fsp3) is 1.00. The Morgan fingerprint density at radius 2 is 2.00 bits per heavy atom. The third-order valence-corrected chi connectivity index (χ3v) is 4.90. The molecule has 3 rings (SSSR count). The van der Waals surface area contributed by atoms with Crippen molar-refractivity contribution in [1.82, 2.24) is 0 Å². The molecule has 0 aliphatic heterocycles. The molecule has 0 amide bonds. The highest BCUT2D eigenvalue weighted by Crippen LogP contribution is 2.64. The van der Waals surface area contributed by atoms with Gasteiger partial charge in [0.15, 0.2) is 0 Å². The molecular formula is C10H17BCl. The molecule has 67 valence electrons. The Labute approximate surface area is 81.2 Å². The molecule has 2 bridgehead atoms. The highest BCUT2D eigenvalue weighted by molar-refractivity contribution is 6.94. The van der Waals surface area contributed by atoms with Crippen LogP contribution in [0.5, 0.6) is 0 Å². The zero-order valence-corrected chi connectivity index (χ0v) is 8.93. The van der Waals surface area contributed by atoms with Gasteiger partial charge in [-0.1, -0.05) is 27.2 Å². The smallest absolute Gasteiger partial charge is 0.204 e. The van der Waals surface area contributed by atoms with E-state index in [9.17, 15) is 0 Å². The monoisotopic (exact) mass is 183 g/mol. The molecule has 0 aromatic rings. The quantitative estimate of drug-likeness (QED) is 0.547. The van der Waals surface area contributed by atoms with Gasteiger partial charge >= 0.3 is 0 Å². The molecular weight excluding hydrogens is 166 g/mol. The maximum atomic E-state index is 5.83. The van der Waals surface area contributed by atoms with Crippen molar-refractivity contribution < 1.29 is 0 Å². The van der Waals surface area contributed by atoms with Crippen LogP contribution in [-0.2, 0) is 0 Å². The summed E-state index contributed by atoms with van der Waals surface area (Å²) in [4.78, 5) is 0. The van der Waals surface area contributed by atoms with Gasteiger partial charge in [-0.2, -0.15) is 0 Å². The van der Waals surface area contributed by atoms with Crippen LogP contribution in [0.25, 0.3) is 0 Å². The minimum atomic E-state index is 0.607. The Kier molecular flexibility index (Phi) is 1.99. The molecule has 4 atom stereocenters. The molecule has 3 saturated carbocycles. The number of rotatable bonds is 1. The van der Waals surface area contributed by atoms with Crippen LogP contribution >= 0.6 is 11.5 Å². The lowest BCUT2D eigenvalue weighted by Gasteiger charge is -2.62. The van der Waals surface area contributed by atoms with Crippen LogP contribution in [0.1, 0.15) is 33.6 Å². The number of fused-ring (bicyclic) bond motifs is 2. The zero-order chi connectivity index (χ0) is 8.93. The molecule has 3 fully saturated rings. The van der Waals surface area contributed by atoms with Crippen LogP contribution in [0, 0.1) is 23.2 Å². The van der Waals surface area contributed by atoms with Crippen LogP contribution in [0.3, 0.4) is 0 Å². The van der Waals surface area contributed by atoms with Crippen molar-refractivity contribution in [2.75, 3.05) is 0 Å². The first-order valence-corrected chi connectivity index (χ1v) is 5.44. The van der Waals surface area contributed by atoms with Crippen molar-refractivity contribution in [2.45, 2.75) is 39.4 Å². The van der Waals surface area contributed by atoms with E-state index in [4.69, 9.17) is 11.5 Å². The molecule has 0 heterocycles. The lowest BCUT2D eigenvalue weighted by molar-refractivity contribution is -0.0982. The maximum Gasteiger partial charge on any atom is 0.242 e. The van der Waals surface area contributed by atoms with Gasteiger partial charge in [-0.05, 0) is 35.4 Å². The van der Waals surface area contributed by atoms with E-state index in [1.165, 1.54) is 12.8 Å². The lowest BCUT2D eigenvalue weighted by Crippen LogP contribution is -2.54. The van der Waals surface area contributed by atoms with Gasteiger partial charge in [-0.3, -0.25) is 0 Å². The van der Waals surface area contributed by atoms with Crippen molar-refractivity contribution in [3.63, 3.8) is 0 Å². The van der Waals surface area contributed by atoms with Crippen molar-refractivity contribution in [1.29, 1.82) is 0 Å². The van der Waals surface area contributed by atoms with E-state index in [0.29, 0.717) is 11.2 Å². The number of halogens is 1. The van der Waals surface area contributed by atoms with E-state index >= 15 is 0 Å². The summed E-state index contributed by atoms with van der Waals surface area (Å²) in [6.07, 6.45) is 2.78. The van der Waals surface area contributed by atoms with E-state index in [1.807, 2.05) is 6.69 Å². The fourth-order valence-corrected chi connectivity index (χ4v) is 3.69. The molecule has 1 radical (unpaired) electrons. The molecule has 2 heteroatoms. The first-order valence-electron chi connectivity index (χ1n) is 5.01. The third-order valence-electron chi connectivity index (χ3n) is 4.57. The largest absolute Gasteiger partial charge is 0.242 e. The van der Waals surface area contributed by atoms with Crippen LogP contribution < -0.4 is 0 Å². The summed E-state index contributed by atoms with van der Waals surface area (Å²) in [6, 6.07) is 0. The zero-order valence-electron chi connectivity index (χ0n) is 8.18. The van der Waals surface area contributed by atoms with Gasteiger partial charge in [0.05, 0.1) is 0 Å². The summed E-state index contributed by atoms with van der Waals surface area (Å²) in [5.41, 5.74) is 0.607. The Morgan fingerprint density at radius 1 is 1.33 bits per heavy atom. The van der Waals surface area contributed by atoms with E-state index < -0.39 is 0 Å².